The Hall–Kier alpha value is -0.930. The van der Waals surface area contributed by atoms with E-state index in [1.54, 1.807) is 18.2 Å². The second kappa shape index (κ2) is 3.85. The molecule has 0 aliphatic carbocycles. The van der Waals surface area contributed by atoms with Crippen LogP contribution in [0, 0.1) is 0 Å². The minimum atomic E-state index is 0. The van der Waals surface area contributed by atoms with Crippen molar-refractivity contribution in [3.63, 3.8) is 0 Å². The number of benzene rings is 1. The molecule has 0 bridgehead atoms. The zero-order chi connectivity index (χ0) is 9.35. The number of nitrogens with two attached hydrogens (primary N) is 1. The third-order valence-corrected chi connectivity index (χ3v) is 1.72. The zero-order valence-electron chi connectivity index (χ0n) is 8.11. The third-order valence-electron chi connectivity index (χ3n) is 1.72. The summed E-state index contributed by atoms with van der Waals surface area (Å²) in [5.74, 6) is 0.289. The molecule has 1 aromatic carbocycles. The van der Waals surface area contributed by atoms with Gasteiger partial charge in [-0.05, 0) is 12.1 Å². The quantitative estimate of drug-likeness (QED) is 0.414. The maximum Gasteiger partial charge on any atom is 0.177 e. The van der Waals surface area contributed by atoms with E-state index in [1.165, 1.54) is 0 Å². The summed E-state index contributed by atoms with van der Waals surface area (Å²) < 4.78 is 0.566. The molecule has 3 N–H and O–H groups in total. The van der Waals surface area contributed by atoms with Crippen LogP contribution in [-0.4, -0.2) is 26.2 Å². The lowest BCUT2D eigenvalue weighted by Crippen LogP contribution is -2.34. The molecule has 4 heteroatoms. The Morgan fingerprint density at radius 1 is 1.23 bits per heavy atom. The van der Waals surface area contributed by atoms with Gasteiger partial charge < -0.3 is 10.8 Å². The smallest absolute Gasteiger partial charge is 0.177 e. The van der Waals surface area contributed by atoms with Crippen LogP contribution in [-0.2, 0) is 0 Å². The molecule has 0 aromatic heterocycles. The summed E-state index contributed by atoms with van der Waals surface area (Å²) in [5, 5.41) is 9.50. The van der Waals surface area contributed by atoms with Crippen LogP contribution >= 0.6 is 12.4 Å². The highest BCUT2D eigenvalue weighted by atomic mass is 35.5. The molecule has 1 rings (SSSR count). The van der Waals surface area contributed by atoms with Crippen molar-refractivity contribution in [2.24, 2.45) is 0 Å². The average molecular weight is 204 g/mol. The summed E-state index contributed by atoms with van der Waals surface area (Å²) in [4.78, 5) is 0. The van der Waals surface area contributed by atoms with Gasteiger partial charge >= 0.3 is 0 Å². The van der Waals surface area contributed by atoms with Gasteiger partial charge in [-0.15, -0.1) is 12.4 Å². The van der Waals surface area contributed by atoms with Gasteiger partial charge in [0.05, 0.1) is 21.1 Å². The first-order chi connectivity index (χ1) is 5.41. The number of anilines is 1. The van der Waals surface area contributed by atoms with Crippen molar-refractivity contribution in [1.82, 2.24) is 4.48 Å². The normalized spacial score (nSPS) is 10.7. The van der Waals surface area contributed by atoms with Gasteiger partial charge in [0.2, 0.25) is 0 Å². The molecule has 3 nitrogen and oxygen atoms in total. The number of rotatable bonds is 1. The molecule has 0 aliphatic rings. The molecule has 0 aliphatic heterocycles. The Labute approximate surface area is 84.8 Å². The number of nitrogen functional groups attached to an aromatic ring is 1. The van der Waals surface area contributed by atoms with Crippen molar-refractivity contribution in [1.29, 1.82) is 0 Å². The summed E-state index contributed by atoms with van der Waals surface area (Å²) in [6, 6.07) is 5.10. The molecule has 1 aromatic rings. The van der Waals surface area contributed by atoms with Gasteiger partial charge in [-0.3, -0.25) is 4.48 Å². The van der Waals surface area contributed by atoms with Crippen molar-refractivity contribution in [3.8, 4) is 5.75 Å². The fraction of sp³-hybridized carbons (Fsp3) is 0.333. The predicted molar refractivity (Wildman–Crippen MR) is 59.3 cm³/mol. The standard InChI is InChI=1S/C9H14N2O.ClH/c1-11(2,3)8-6-7(10)4-5-9(8)12;/h4-6H,10H2,1-3H3;1H/p+1. The van der Waals surface area contributed by atoms with Crippen LogP contribution in [0.5, 0.6) is 5.75 Å². The maximum atomic E-state index is 9.50. The second-order valence-corrected chi connectivity index (χ2v) is 3.76. The monoisotopic (exact) mass is 203 g/mol. The van der Waals surface area contributed by atoms with Crippen LogP contribution < -0.4 is 10.2 Å². The van der Waals surface area contributed by atoms with Crippen LogP contribution in [0.1, 0.15) is 0 Å². The summed E-state index contributed by atoms with van der Waals surface area (Å²) >= 11 is 0. The van der Waals surface area contributed by atoms with Gasteiger partial charge in [0, 0.05) is 11.8 Å². The number of hydrogen-bond acceptors (Lipinski definition) is 2. The van der Waals surface area contributed by atoms with E-state index >= 15 is 0 Å². The minimum absolute atomic E-state index is 0. The molecule has 13 heavy (non-hydrogen) atoms. The van der Waals surface area contributed by atoms with Crippen LogP contribution in [0.3, 0.4) is 0 Å². The van der Waals surface area contributed by atoms with Gasteiger partial charge in [0.1, 0.15) is 0 Å². The molecular formula is C9H16ClN2O+. The highest BCUT2D eigenvalue weighted by Crippen LogP contribution is 2.30. The number of hydrogen-bond donors (Lipinski definition) is 2. The van der Waals surface area contributed by atoms with E-state index < -0.39 is 0 Å². The largest absolute Gasteiger partial charge is 0.503 e. The fourth-order valence-electron chi connectivity index (χ4n) is 1.08. The summed E-state index contributed by atoms with van der Waals surface area (Å²) in [6.45, 7) is 0. The lowest BCUT2D eigenvalue weighted by Gasteiger charge is -2.24. The summed E-state index contributed by atoms with van der Waals surface area (Å²) in [6.07, 6.45) is 0. The van der Waals surface area contributed by atoms with E-state index in [-0.39, 0.29) is 18.2 Å². The second-order valence-electron chi connectivity index (χ2n) is 3.76. The number of aromatic hydroxyl groups is 1. The fourth-order valence-corrected chi connectivity index (χ4v) is 1.08. The Balaban J connectivity index is 0.00000144. The van der Waals surface area contributed by atoms with Crippen molar-refractivity contribution >= 4 is 23.8 Å². The number of phenols is 1. The van der Waals surface area contributed by atoms with Gasteiger partial charge in [-0.1, -0.05) is 0 Å². The summed E-state index contributed by atoms with van der Waals surface area (Å²) in [7, 11) is 5.94. The Bertz CT molecular complexity index is 294. The maximum absolute atomic E-state index is 9.50. The van der Waals surface area contributed by atoms with Crippen molar-refractivity contribution in [3.05, 3.63) is 18.2 Å². The van der Waals surface area contributed by atoms with Gasteiger partial charge in [-0.2, -0.15) is 0 Å². The average Bonchev–Trinajstić information content (AvgIpc) is 1.92. The van der Waals surface area contributed by atoms with E-state index in [9.17, 15) is 5.11 Å². The third kappa shape index (κ3) is 2.79. The lowest BCUT2D eigenvalue weighted by atomic mass is 10.2. The molecule has 74 valence electrons. The van der Waals surface area contributed by atoms with Gasteiger partial charge in [0.15, 0.2) is 11.4 Å². The molecule has 0 radical (unpaired) electrons. The zero-order valence-corrected chi connectivity index (χ0v) is 8.93. The minimum Gasteiger partial charge on any atom is -0.503 e. The van der Waals surface area contributed by atoms with Crippen LogP contribution in [0.25, 0.3) is 0 Å². The molecule has 0 fully saturated rings. The van der Waals surface area contributed by atoms with E-state index in [0.29, 0.717) is 10.2 Å². The predicted octanol–water partition coefficient (Wildman–Crippen LogP) is 1.59. The van der Waals surface area contributed by atoms with E-state index in [0.717, 1.165) is 5.69 Å². The molecule has 0 saturated heterocycles. The molecule has 0 heterocycles. The van der Waals surface area contributed by atoms with Gasteiger partial charge in [-0.25, -0.2) is 0 Å². The number of nitrogens with zero attached hydrogens (tertiary/aromatic N) is 1. The first kappa shape index (κ1) is 12.1. The highest BCUT2D eigenvalue weighted by molar-refractivity contribution is 5.85. The lowest BCUT2D eigenvalue weighted by molar-refractivity contribution is 0.427. The first-order valence-corrected chi connectivity index (χ1v) is 3.82. The molecule has 0 saturated carbocycles. The molecule has 0 amide bonds. The number of quaternary nitrogens is 1. The van der Waals surface area contributed by atoms with Gasteiger partial charge in [0.25, 0.3) is 0 Å². The molecule has 0 unspecified atom stereocenters. The Kier molecular flexibility index (Phi) is 3.58. The van der Waals surface area contributed by atoms with Crippen LogP contribution in [0.4, 0.5) is 11.4 Å². The number of halogens is 1. The van der Waals surface area contributed by atoms with Crippen LogP contribution in [0.2, 0.25) is 0 Å². The van der Waals surface area contributed by atoms with Crippen molar-refractivity contribution < 1.29 is 5.11 Å². The Morgan fingerprint density at radius 2 is 1.77 bits per heavy atom. The van der Waals surface area contributed by atoms with E-state index in [4.69, 9.17) is 5.73 Å². The van der Waals surface area contributed by atoms with Crippen molar-refractivity contribution in [2.45, 2.75) is 0 Å². The van der Waals surface area contributed by atoms with E-state index in [2.05, 4.69) is 0 Å². The van der Waals surface area contributed by atoms with Crippen molar-refractivity contribution in [2.75, 3.05) is 26.9 Å². The molecule has 0 atom stereocenters. The van der Waals surface area contributed by atoms with Crippen LogP contribution in [0.15, 0.2) is 18.2 Å². The molecule has 0 spiro atoms. The highest BCUT2D eigenvalue weighted by Gasteiger charge is 2.16. The summed E-state index contributed by atoms with van der Waals surface area (Å²) in [5.41, 5.74) is 7.11. The number of phenolic OH excluding ortho intramolecular Hbond substituents is 1. The first-order valence-electron chi connectivity index (χ1n) is 3.82. The molecular weight excluding hydrogens is 188 g/mol. The topological polar surface area (TPSA) is 46.2 Å². The SMILES string of the molecule is C[N+](C)(C)c1cc(N)ccc1O.Cl. The Morgan fingerprint density at radius 3 is 2.15 bits per heavy atom. The van der Waals surface area contributed by atoms with E-state index in [1.807, 2.05) is 21.1 Å².